The Labute approximate surface area is 204 Å². The topological polar surface area (TPSA) is 96.9 Å². The van der Waals surface area contributed by atoms with Crippen LogP contribution in [0.25, 0.3) is 0 Å². The van der Waals surface area contributed by atoms with Gasteiger partial charge in [-0.2, -0.15) is 5.10 Å². The molecule has 2 amide bonds. The van der Waals surface area contributed by atoms with Gasteiger partial charge in [0.15, 0.2) is 0 Å². The second-order valence-electron chi connectivity index (χ2n) is 6.64. The van der Waals surface area contributed by atoms with Gasteiger partial charge in [0, 0.05) is 26.3 Å². The van der Waals surface area contributed by atoms with E-state index in [1.807, 2.05) is 0 Å². The van der Waals surface area contributed by atoms with E-state index >= 15 is 0 Å². The summed E-state index contributed by atoms with van der Waals surface area (Å²) in [6.07, 6.45) is 0. The molecule has 3 aromatic rings. The Kier molecular flexibility index (Phi) is 8.06. The molecule has 0 unspecified atom stereocenters. The molecule has 10 heteroatoms. The third kappa shape index (κ3) is 6.79. The van der Waals surface area contributed by atoms with E-state index in [9.17, 15) is 14.4 Å². The SMILES string of the molecule is C/C(=N\NC(=O)C(=O)Nc1cc(Cl)cc(Cl)c1)c1ccccc1OC(=O)c1ccc(Cl)cc1. The molecule has 0 atom stereocenters. The standard InChI is InChI=1S/C23H16Cl3N3O4/c1-13(28-29-22(31)21(30)27-18-11-16(25)10-17(26)12-18)19-4-2-3-5-20(19)33-23(32)14-6-8-15(24)9-7-14/h2-12H,1H3,(H,27,30)(H,29,31)/b28-13+. The number of nitrogens with zero attached hydrogens (tertiary/aromatic N) is 1. The fraction of sp³-hybridized carbons (Fsp3) is 0.0435. The molecule has 0 saturated carbocycles. The number of nitrogens with one attached hydrogen (secondary N) is 2. The molecule has 3 aromatic carbocycles. The van der Waals surface area contributed by atoms with Gasteiger partial charge in [-0.3, -0.25) is 9.59 Å². The summed E-state index contributed by atoms with van der Waals surface area (Å²) in [5.41, 5.74) is 3.49. The summed E-state index contributed by atoms with van der Waals surface area (Å²) in [6.45, 7) is 1.59. The Morgan fingerprint density at radius 3 is 2.12 bits per heavy atom. The quantitative estimate of drug-likeness (QED) is 0.161. The zero-order valence-electron chi connectivity index (χ0n) is 17.1. The first-order valence-corrected chi connectivity index (χ1v) is 10.5. The van der Waals surface area contributed by atoms with Crippen molar-refractivity contribution < 1.29 is 19.1 Å². The summed E-state index contributed by atoms with van der Waals surface area (Å²) in [5, 5.41) is 7.42. The molecular weight excluding hydrogens is 489 g/mol. The first-order chi connectivity index (χ1) is 15.7. The minimum absolute atomic E-state index is 0.228. The number of amides is 2. The highest BCUT2D eigenvalue weighted by atomic mass is 35.5. The van der Waals surface area contributed by atoms with E-state index < -0.39 is 17.8 Å². The van der Waals surface area contributed by atoms with Crippen LogP contribution in [-0.4, -0.2) is 23.5 Å². The highest BCUT2D eigenvalue weighted by Crippen LogP contribution is 2.23. The molecule has 0 aliphatic rings. The normalized spacial score (nSPS) is 11.0. The maximum Gasteiger partial charge on any atom is 0.343 e. The van der Waals surface area contributed by atoms with Gasteiger partial charge in [-0.05, 0) is 61.5 Å². The van der Waals surface area contributed by atoms with Crippen molar-refractivity contribution in [2.24, 2.45) is 5.10 Å². The maximum atomic E-state index is 12.4. The summed E-state index contributed by atoms with van der Waals surface area (Å²) >= 11 is 17.6. The average Bonchev–Trinajstić information content (AvgIpc) is 2.77. The molecule has 0 spiro atoms. The Hall–Kier alpha value is -3.39. The predicted octanol–water partition coefficient (Wildman–Crippen LogP) is 5.34. The van der Waals surface area contributed by atoms with Crippen molar-refractivity contribution in [1.82, 2.24) is 5.43 Å². The number of hydrazone groups is 1. The second kappa shape index (κ2) is 11.0. The van der Waals surface area contributed by atoms with Crippen LogP contribution in [0.3, 0.4) is 0 Å². The van der Waals surface area contributed by atoms with Crippen molar-refractivity contribution in [2.75, 3.05) is 5.32 Å². The minimum Gasteiger partial charge on any atom is -0.422 e. The number of halogens is 3. The van der Waals surface area contributed by atoms with Crippen LogP contribution in [0.2, 0.25) is 15.1 Å². The van der Waals surface area contributed by atoms with Crippen molar-refractivity contribution in [1.29, 1.82) is 0 Å². The van der Waals surface area contributed by atoms with E-state index in [2.05, 4.69) is 15.8 Å². The largest absolute Gasteiger partial charge is 0.422 e. The maximum absolute atomic E-state index is 12.4. The van der Waals surface area contributed by atoms with Crippen LogP contribution >= 0.6 is 34.8 Å². The lowest BCUT2D eigenvalue weighted by Gasteiger charge is -2.10. The molecule has 0 aromatic heterocycles. The van der Waals surface area contributed by atoms with Gasteiger partial charge in [-0.15, -0.1) is 0 Å². The summed E-state index contributed by atoms with van der Waals surface area (Å²) in [6, 6.07) is 17.3. The first-order valence-electron chi connectivity index (χ1n) is 9.42. The third-order valence-electron chi connectivity index (χ3n) is 4.21. The van der Waals surface area contributed by atoms with E-state index in [-0.39, 0.29) is 11.4 Å². The smallest absolute Gasteiger partial charge is 0.343 e. The van der Waals surface area contributed by atoms with Crippen LogP contribution in [-0.2, 0) is 9.59 Å². The molecule has 0 aliphatic heterocycles. The summed E-state index contributed by atoms with van der Waals surface area (Å²) in [5.74, 6) is -2.34. The van der Waals surface area contributed by atoms with Crippen LogP contribution in [0.1, 0.15) is 22.8 Å². The number of esters is 1. The fourth-order valence-electron chi connectivity index (χ4n) is 2.66. The number of benzene rings is 3. The molecular formula is C23H16Cl3N3O4. The summed E-state index contributed by atoms with van der Waals surface area (Å²) < 4.78 is 5.47. The minimum atomic E-state index is -1.01. The molecule has 7 nitrogen and oxygen atoms in total. The lowest BCUT2D eigenvalue weighted by Crippen LogP contribution is -2.33. The molecule has 3 rings (SSSR count). The molecule has 33 heavy (non-hydrogen) atoms. The predicted molar refractivity (Wildman–Crippen MR) is 128 cm³/mol. The molecule has 2 N–H and O–H groups in total. The number of hydrogen-bond donors (Lipinski definition) is 2. The molecule has 0 aliphatic carbocycles. The highest BCUT2D eigenvalue weighted by Gasteiger charge is 2.16. The van der Waals surface area contributed by atoms with Crippen LogP contribution < -0.4 is 15.5 Å². The summed E-state index contributed by atoms with van der Waals surface area (Å²) in [4.78, 5) is 36.7. The third-order valence-corrected chi connectivity index (χ3v) is 4.90. The monoisotopic (exact) mass is 503 g/mol. The van der Waals surface area contributed by atoms with Crippen LogP contribution in [0.4, 0.5) is 5.69 Å². The van der Waals surface area contributed by atoms with E-state index in [4.69, 9.17) is 39.5 Å². The van der Waals surface area contributed by atoms with Gasteiger partial charge < -0.3 is 10.1 Å². The lowest BCUT2D eigenvalue weighted by molar-refractivity contribution is -0.136. The lowest BCUT2D eigenvalue weighted by atomic mass is 10.1. The van der Waals surface area contributed by atoms with Crippen LogP contribution in [0.5, 0.6) is 5.75 Å². The molecule has 0 heterocycles. The number of carbonyl (C=O) groups excluding carboxylic acids is 3. The van der Waals surface area contributed by atoms with Gasteiger partial charge in [-0.25, -0.2) is 10.2 Å². The number of ether oxygens (including phenoxy) is 1. The zero-order chi connectivity index (χ0) is 24.0. The summed E-state index contributed by atoms with van der Waals surface area (Å²) in [7, 11) is 0. The van der Waals surface area contributed by atoms with Crippen molar-refractivity contribution in [3.63, 3.8) is 0 Å². The van der Waals surface area contributed by atoms with Crippen molar-refractivity contribution in [3.05, 3.63) is 92.9 Å². The molecule has 0 saturated heterocycles. The van der Waals surface area contributed by atoms with E-state index in [1.165, 1.54) is 18.2 Å². The van der Waals surface area contributed by atoms with Crippen molar-refractivity contribution in [2.45, 2.75) is 6.92 Å². The number of carbonyl (C=O) groups is 3. The van der Waals surface area contributed by atoms with Gasteiger partial charge in [-0.1, -0.05) is 46.9 Å². The van der Waals surface area contributed by atoms with Crippen LogP contribution in [0.15, 0.2) is 71.8 Å². The second-order valence-corrected chi connectivity index (χ2v) is 7.95. The Balaban J connectivity index is 1.69. The van der Waals surface area contributed by atoms with Gasteiger partial charge in [0.2, 0.25) is 0 Å². The molecule has 168 valence electrons. The fourth-order valence-corrected chi connectivity index (χ4v) is 3.31. The molecule has 0 bridgehead atoms. The number of para-hydroxylation sites is 1. The Morgan fingerprint density at radius 1 is 0.818 bits per heavy atom. The van der Waals surface area contributed by atoms with Gasteiger partial charge in [0.1, 0.15) is 5.75 Å². The van der Waals surface area contributed by atoms with Gasteiger partial charge in [0.25, 0.3) is 0 Å². The van der Waals surface area contributed by atoms with Gasteiger partial charge in [0.05, 0.1) is 11.3 Å². The van der Waals surface area contributed by atoms with Crippen molar-refractivity contribution >= 4 is 64.0 Å². The number of rotatable bonds is 5. The average molecular weight is 505 g/mol. The van der Waals surface area contributed by atoms with Crippen LogP contribution in [0, 0.1) is 0 Å². The highest BCUT2D eigenvalue weighted by molar-refractivity contribution is 6.40. The Bertz CT molecular complexity index is 1220. The van der Waals surface area contributed by atoms with Gasteiger partial charge >= 0.3 is 17.8 Å². The van der Waals surface area contributed by atoms with E-state index in [1.54, 1.807) is 55.5 Å². The van der Waals surface area contributed by atoms with E-state index in [0.717, 1.165) is 0 Å². The number of hydrogen-bond acceptors (Lipinski definition) is 5. The molecule has 0 radical (unpaired) electrons. The van der Waals surface area contributed by atoms with Crippen molar-refractivity contribution in [3.8, 4) is 5.75 Å². The number of anilines is 1. The zero-order valence-corrected chi connectivity index (χ0v) is 19.3. The molecule has 0 fully saturated rings. The first kappa shape index (κ1) is 24.3. The Morgan fingerprint density at radius 2 is 1.45 bits per heavy atom. The van der Waals surface area contributed by atoms with E-state index in [0.29, 0.717) is 31.9 Å².